The van der Waals surface area contributed by atoms with Crippen LogP contribution < -0.4 is 0 Å². The zero-order valence-electron chi connectivity index (χ0n) is 13.3. The van der Waals surface area contributed by atoms with Crippen molar-refractivity contribution in [1.82, 2.24) is 5.16 Å². The molecule has 0 saturated heterocycles. The first-order valence-electron chi connectivity index (χ1n) is 7.48. The van der Waals surface area contributed by atoms with Gasteiger partial charge in [0.2, 0.25) is 0 Å². The van der Waals surface area contributed by atoms with Crippen LogP contribution in [0.15, 0.2) is 53.1 Å². The third-order valence-electron chi connectivity index (χ3n) is 3.69. The number of aromatic nitrogens is 1. The van der Waals surface area contributed by atoms with Crippen molar-refractivity contribution in [1.29, 1.82) is 5.26 Å². The summed E-state index contributed by atoms with van der Waals surface area (Å²) in [6, 6.07) is 16.1. The van der Waals surface area contributed by atoms with Crippen molar-refractivity contribution in [3.63, 3.8) is 0 Å². The van der Waals surface area contributed by atoms with E-state index in [4.69, 9.17) is 26.1 Å². The second-order valence-corrected chi connectivity index (χ2v) is 5.69. The third kappa shape index (κ3) is 3.39. The molecule has 2 aromatic carbocycles. The fourth-order valence-corrected chi connectivity index (χ4v) is 2.65. The number of halogens is 1. The molecule has 0 saturated carbocycles. The van der Waals surface area contributed by atoms with E-state index in [1.54, 1.807) is 55.5 Å². The van der Waals surface area contributed by atoms with Crippen LogP contribution in [0.4, 0.5) is 0 Å². The summed E-state index contributed by atoms with van der Waals surface area (Å²) in [6.07, 6.45) is 0. The minimum absolute atomic E-state index is 0.0187. The van der Waals surface area contributed by atoms with Crippen LogP contribution in [0.1, 0.15) is 27.2 Å². The minimum atomic E-state index is -0.582. The first-order valence-corrected chi connectivity index (χ1v) is 7.86. The summed E-state index contributed by atoms with van der Waals surface area (Å²) in [4.78, 5) is 12.6. The van der Waals surface area contributed by atoms with E-state index < -0.39 is 5.97 Å². The molecule has 5 nitrogen and oxygen atoms in total. The Balaban J connectivity index is 1.88. The van der Waals surface area contributed by atoms with Crippen LogP contribution in [0.5, 0.6) is 0 Å². The maximum absolute atomic E-state index is 12.6. The second-order valence-electron chi connectivity index (χ2n) is 5.29. The normalized spacial score (nSPS) is 10.3. The topological polar surface area (TPSA) is 76.1 Å². The Morgan fingerprint density at radius 2 is 1.96 bits per heavy atom. The molecule has 0 aliphatic carbocycles. The lowest BCUT2D eigenvalue weighted by atomic mass is 10.1. The van der Waals surface area contributed by atoms with Crippen molar-refractivity contribution in [2.75, 3.05) is 0 Å². The highest BCUT2D eigenvalue weighted by Gasteiger charge is 2.24. The fourth-order valence-electron chi connectivity index (χ4n) is 2.42. The number of aryl methyl sites for hydroxylation is 1. The quantitative estimate of drug-likeness (QED) is 0.644. The van der Waals surface area contributed by atoms with Crippen molar-refractivity contribution in [3.05, 3.63) is 76.0 Å². The summed E-state index contributed by atoms with van der Waals surface area (Å²) in [5.41, 5.74) is 2.24. The number of nitrogens with zero attached hydrogens (tertiary/aromatic N) is 2. The number of esters is 1. The van der Waals surface area contributed by atoms with E-state index >= 15 is 0 Å². The molecule has 0 N–H and O–H groups in total. The van der Waals surface area contributed by atoms with Crippen LogP contribution in [-0.4, -0.2) is 11.1 Å². The van der Waals surface area contributed by atoms with E-state index in [-0.39, 0.29) is 12.2 Å². The lowest BCUT2D eigenvalue weighted by Gasteiger charge is -2.07. The molecule has 6 heteroatoms. The average Bonchev–Trinajstić information content (AvgIpc) is 3.01. The van der Waals surface area contributed by atoms with Crippen LogP contribution in [0, 0.1) is 18.3 Å². The molecular formula is C19H13ClN2O3. The van der Waals surface area contributed by atoms with Crippen molar-refractivity contribution in [3.8, 4) is 17.3 Å². The molecule has 3 rings (SSSR count). The van der Waals surface area contributed by atoms with E-state index in [0.29, 0.717) is 33.2 Å². The largest absolute Gasteiger partial charge is 0.457 e. The first-order chi connectivity index (χ1) is 12.1. The van der Waals surface area contributed by atoms with Crippen molar-refractivity contribution < 1.29 is 14.1 Å². The minimum Gasteiger partial charge on any atom is -0.457 e. The Hall–Kier alpha value is -3.10. The number of nitriles is 1. The number of rotatable bonds is 4. The molecule has 3 aromatic rings. The molecule has 0 radical (unpaired) electrons. The molecule has 1 aromatic heterocycles. The molecule has 0 fully saturated rings. The maximum atomic E-state index is 12.6. The Bertz CT molecular complexity index is 973. The summed E-state index contributed by atoms with van der Waals surface area (Å²) >= 11 is 6.19. The smallest absolute Gasteiger partial charge is 0.344 e. The number of hydrogen-bond donors (Lipinski definition) is 0. The van der Waals surface area contributed by atoms with Gasteiger partial charge in [0.05, 0.1) is 16.7 Å². The Kier molecular flexibility index (Phi) is 4.82. The number of benzene rings is 2. The van der Waals surface area contributed by atoms with Gasteiger partial charge in [0.25, 0.3) is 0 Å². The van der Waals surface area contributed by atoms with Gasteiger partial charge in [-0.1, -0.05) is 53.2 Å². The molecule has 1 heterocycles. The van der Waals surface area contributed by atoms with Gasteiger partial charge in [0, 0.05) is 11.1 Å². The monoisotopic (exact) mass is 352 g/mol. The Morgan fingerprint density at radius 3 is 2.72 bits per heavy atom. The lowest BCUT2D eigenvalue weighted by molar-refractivity contribution is 0.0471. The van der Waals surface area contributed by atoms with Gasteiger partial charge in [-0.3, -0.25) is 0 Å². The summed E-state index contributed by atoms with van der Waals surface area (Å²) in [6.45, 7) is 1.61. The molecule has 0 spiro atoms. The highest BCUT2D eigenvalue weighted by molar-refractivity contribution is 6.33. The van der Waals surface area contributed by atoms with E-state index in [2.05, 4.69) is 11.2 Å². The maximum Gasteiger partial charge on any atom is 0.344 e. The summed E-state index contributed by atoms with van der Waals surface area (Å²) < 4.78 is 10.5. The molecule has 0 atom stereocenters. The van der Waals surface area contributed by atoms with Gasteiger partial charge >= 0.3 is 5.97 Å². The highest BCUT2D eigenvalue weighted by Crippen LogP contribution is 2.31. The van der Waals surface area contributed by atoms with Gasteiger partial charge < -0.3 is 9.26 Å². The third-order valence-corrected chi connectivity index (χ3v) is 4.02. The molecule has 0 unspecified atom stereocenters. The Labute approximate surface area is 149 Å². The van der Waals surface area contributed by atoms with E-state index in [1.807, 2.05) is 0 Å². The van der Waals surface area contributed by atoms with Gasteiger partial charge in [-0.15, -0.1) is 0 Å². The SMILES string of the molecule is Cc1onc(-c2ccccc2Cl)c1C(=O)OCc1ccccc1C#N. The fraction of sp³-hybridized carbons (Fsp3) is 0.105. The van der Waals surface area contributed by atoms with Gasteiger partial charge in [0.1, 0.15) is 23.6 Å². The molecular weight excluding hydrogens is 340 g/mol. The molecule has 0 amide bonds. The van der Waals surface area contributed by atoms with Crippen molar-refractivity contribution >= 4 is 17.6 Å². The van der Waals surface area contributed by atoms with Crippen LogP contribution in [0.2, 0.25) is 5.02 Å². The van der Waals surface area contributed by atoms with Crippen LogP contribution >= 0.6 is 11.6 Å². The van der Waals surface area contributed by atoms with Crippen molar-refractivity contribution in [2.45, 2.75) is 13.5 Å². The van der Waals surface area contributed by atoms with Crippen LogP contribution in [-0.2, 0) is 11.3 Å². The number of hydrogen-bond acceptors (Lipinski definition) is 5. The zero-order valence-corrected chi connectivity index (χ0v) is 14.1. The predicted molar refractivity (Wildman–Crippen MR) is 92.0 cm³/mol. The molecule has 0 aliphatic rings. The van der Waals surface area contributed by atoms with Crippen LogP contribution in [0.25, 0.3) is 11.3 Å². The number of ether oxygens (including phenoxy) is 1. The summed E-state index contributed by atoms with van der Waals surface area (Å²) in [5, 5.41) is 13.5. The zero-order chi connectivity index (χ0) is 17.8. The number of carbonyl (C=O) groups is 1. The lowest BCUT2D eigenvalue weighted by Crippen LogP contribution is -2.08. The number of carbonyl (C=O) groups excluding carboxylic acids is 1. The molecule has 0 bridgehead atoms. The van der Waals surface area contributed by atoms with Crippen LogP contribution in [0.3, 0.4) is 0 Å². The molecule has 25 heavy (non-hydrogen) atoms. The van der Waals surface area contributed by atoms with Gasteiger partial charge in [-0.05, 0) is 19.1 Å². The van der Waals surface area contributed by atoms with E-state index in [1.165, 1.54) is 0 Å². The highest BCUT2D eigenvalue weighted by atomic mass is 35.5. The van der Waals surface area contributed by atoms with Gasteiger partial charge in [-0.25, -0.2) is 4.79 Å². The van der Waals surface area contributed by atoms with Gasteiger partial charge in [-0.2, -0.15) is 5.26 Å². The molecule has 0 aliphatic heterocycles. The Morgan fingerprint density at radius 1 is 1.24 bits per heavy atom. The summed E-state index contributed by atoms with van der Waals surface area (Å²) in [5.74, 6) is -0.241. The first kappa shape index (κ1) is 16.7. The second kappa shape index (κ2) is 7.20. The van der Waals surface area contributed by atoms with E-state index in [9.17, 15) is 4.79 Å². The summed E-state index contributed by atoms with van der Waals surface area (Å²) in [7, 11) is 0. The van der Waals surface area contributed by atoms with Crippen molar-refractivity contribution in [2.24, 2.45) is 0 Å². The van der Waals surface area contributed by atoms with E-state index in [0.717, 1.165) is 0 Å². The predicted octanol–water partition coefficient (Wildman–Crippen LogP) is 4.53. The van der Waals surface area contributed by atoms with Gasteiger partial charge in [0.15, 0.2) is 0 Å². The molecule has 124 valence electrons. The average molecular weight is 353 g/mol. The standard InChI is InChI=1S/C19H13ClN2O3/c1-12-17(18(22-25-12)15-8-4-5-9-16(15)20)19(23)24-11-14-7-3-2-6-13(14)10-21/h2-9H,11H2,1H3.